The summed E-state index contributed by atoms with van der Waals surface area (Å²) in [4.78, 5) is 22.4. The van der Waals surface area contributed by atoms with Crippen molar-refractivity contribution in [1.82, 2.24) is 0 Å². The average molecular weight is 270 g/mol. The molecule has 2 aromatic rings. The maximum absolute atomic E-state index is 11.4. The van der Waals surface area contributed by atoms with Crippen molar-refractivity contribution in [1.29, 1.82) is 0 Å². The first-order chi connectivity index (χ1) is 9.49. The second-order valence-electron chi connectivity index (χ2n) is 4.20. The minimum absolute atomic E-state index is 0.295. The molecule has 102 valence electrons. The lowest BCUT2D eigenvalue weighted by molar-refractivity contribution is 0.0992. The Labute approximate surface area is 115 Å². The Kier molecular flexibility index (Phi) is 3.56. The number of carbonyl (C=O) groups excluding carboxylic acids is 2. The van der Waals surface area contributed by atoms with Crippen molar-refractivity contribution in [3.05, 3.63) is 53.6 Å². The third kappa shape index (κ3) is 2.69. The van der Waals surface area contributed by atoms with E-state index in [2.05, 4.69) is 5.32 Å². The van der Waals surface area contributed by atoms with Gasteiger partial charge < -0.3 is 22.5 Å². The van der Waals surface area contributed by atoms with Gasteiger partial charge in [0.15, 0.2) is 0 Å². The number of primary amides is 2. The molecule has 0 aliphatic rings. The molecule has 0 fully saturated rings. The van der Waals surface area contributed by atoms with Crippen LogP contribution in [-0.4, -0.2) is 11.8 Å². The summed E-state index contributed by atoms with van der Waals surface area (Å²) < 4.78 is 0. The third-order valence-corrected chi connectivity index (χ3v) is 2.80. The standard InChI is InChI=1S/C14H14N4O2/c15-11-3-1-2-10(14(17)20)12(11)18-9-6-4-8(5-7-9)13(16)19/h1-7,18H,15H2,(H2,16,19)(H2,17,20). The topological polar surface area (TPSA) is 124 Å². The zero-order chi connectivity index (χ0) is 14.7. The van der Waals surface area contributed by atoms with Gasteiger partial charge in [-0.3, -0.25) is 9.59 Å². The molecule has 0 unspecified atom stereocenters. The second-order valence-corrected chi connectivity index (χ2v) is 4.20. The van der Waals surface area contributed by atoms with Crippen LogP contribution in [0.2, 0.25) is 0 Å². The van der Waals surface area contributed by atoms with E-state index >= 15 is 0 Å². The molecule has 0 spiro atoms. The van der Waals surface area contributed by atoms with Gasteiger partial charge in [-0.1, -0.05) is 6.07 Å². The van der Waals surface area contributed by atoms with E-state index < -0.39 is 11.8 Å². The van der Waals surface area contributed by atoms with Gasteiger partial charge in [-0.25, -0.2) is 0 Å². The van der Waals surface area contributed by atoms with Crippen LogP contribution in [0.5, 0.6) is 0 Å². The lowest BCUT2D eigenvalue weighted by Crippen LogP contribution is -2.14. The van der Waals surface area contributed by atoms with E-state index in [0.29, 0.717) is 28.2 Å². The Bertz CT molecular complexity index is 665. The number of para-hydroxylation sites is 1. The lowest BCUT2D eigenvalue weighted by Gasteiger charge is -2.13. The fourth-order valence-corrected chi connectivity index (χ4v) is 1.78. The highest BCUT2D eigenvalue weighted by molar-refractivity contribution is 6.02. The van der Waals surface area contributed by atoms with Gasteiger partial charge in [0.25, 0.3) is 5.91 Å². The van der Waals surface area contributed by atoms with Crippen molar-refractivity contribution in [3.63, 3.8) is 0 Å². The Morgan fingerprint density at radius 3 is 2.10 bits per heavy atom. The summed E-state index contributed by atoms with van der Waals surface area (Å²) in [7, 11) is 0. The van der Waals surface area contributed by atoms with Gasteiger partial charge in [-0.05, 0) is 36.4 Å². The highest BCUT2D eigenvalue weighted by Gasteiger charge is 2.11. The summed E-state index contributed by atoms with van der Waals surface area (Å²) in [6.07, 6.45) is 0. The maximum atomic E-state index is 11.4. The Morgan fingerprint density at radius 2 is 1.55 bits per heavy atom. The van der Waals surface area contributed by atoms with Gasteiger partial charge in [0.2, 0.25) is 5.91 Å². The number of anilines is 3. The van der Waals surface area contributed by atoms with Crippen LogP contribution in [0.3, 0.4) is 0 Å². The first-order valence-electron chi connectivity index (χ1n) is 5.84. The lowest BCUT2D eigenvalue weighted by atomic mass is 10.1. The number of nitrogens with one attached hydrogen (secondary N) is 1. The predicted molar refractivity (Wildman–Crippen MR) is 77.6 cm³/mol. The van der Waals surface area contributed by atoms with Crippen molar-refractivity contribution in [2.45, 2.75) is 0 Å². The van der Waals surface area contributed by atoms with Crippen LogP contribution in [0, 0.1) is 0 Å². The van der Waals surface area contributed by atoms with E-state index in [1.54, 1.807) is 42.5 Å². The van der Waals surface area contributed by atoms with Crippen molar-refractivity contribution in [2.24, 2.45) is 11.5 Å². The van der Waals surface area contributed by atoms with Crippen LogP contribution >= 0.6 is 0 Å². The highest BCUT2D eigenvalue weighted by Crippen LogP contribution is 2.27. The van der Waals surface area contributed by atoms with E-state index in [1.165, 1.54) is 0 Å². The molecule has 0 aliphatic heterocycles. The Balaban J connectivity index is 2.34. The summed E-state index contributed by atoms with van der Waals surface area (Å²) >= 11 is 0. The van der Waals surface area contributed by atoms with Crippen molar-refractivity contribution in [3.8, 4) is 0 Å². The fourth-order valence-electron chi connectivity index (χ4n) is 1.78. The molecule has 2 aromatic carbocycles. The van der Waals surface area contributed by atoms with Gasteiger partial charge in [0.1, 0.15) is 0 Å². The number of nitrogen functional groups attached to an aromatic ring is 1. The molecule has 7 N–H and O–H groups in total. The molecule has 20 heavy (non-hydrogen) atoms. The van der Waals surface area contributed by atoms with E-state index in [9.17, 15) is 9.59 Å². The Morgan fingerprint density at radius 1 is 0.900 bits per heavy atom. The minimum Gasteiger partial charge on any atom is -0.397 e. The second kappa shape index (κ2) is 5.31. The summed E-state index contributed by atoms with van der Waals surface area (Å²) in [5.74, 6) is -1.08. The van der Waals surface area contributed by atoms with E-state index in [4.69, 9.17) is 17.2 Å². The van der Waals surface area contributed by atoms with Gasteiger partial charge >= 0.3 is 0 Å². The quantitative estimate of drug-likeness (QED) is 0.623. The van der Waals surface area contributed by atoms with E-state index in [1.807, 2.05) is 0 Å². The van der Waals surface area contributed by atoms with E-state index in [0.717, 1.165) is 0 Å². The zero-order valence-electron chi connectivity index (χ0n) is 10.6. The molecule has 6 heteroatoms. The average Bonchev–Trinajstić information content (AvgIpc) is 2.41. The van der Waals surface area contributed by atoms with Crippen LogP contribution < -0.4 is 22.5 Å². The maximum Gasteiger partial charge on any atom is 0.250 e. The third-order valence-electron chi connectivity index (χ3n) is 2.80. The first-order valence-corrected chi connectivity index (χ1v) is 5.84. The number of amides is 2. The largest absolute Gasteiger partial charge is 0.397 e. The van der Waals surface area contributed by atoms with Crippen LogP contribution in [0.4, 0.5) is 17.1 Å². The smallest absolute Gasteiger partial charge is 0.250 e. The Hall–Kier alpha value is -3.02. The monoisotopic (exact) mass is 270 g/mol. The minimum atomic E-state index is -0.575. The molecule has 6 nitrogen and oxygen atoms in total. The number of hydrogen-bond donors (Lipinski definition) is 4. The normalized spacial score (nSPS) is 10.0. The molecule has 0 radical (unpaired) electrons. The summed E-state index contributed by atoms with van der Waals surface area (Å²) in [5.41, 5.74) is 18.5. The van der Waals surface area contributed by atoms with Crippen LogP contribution in [0.15, 0.2) is 42.5 Å². The summed E-state index contributed by atoms with van der Waals surface area (Å²) in [6.45, 7) is 0. The zero-order valence-corrected chi connectivity index (χ0v) is 10.6. The first kappa shape index (κ1) is 13.4. The van der Waals surface area contributed by atoms with Crippen molar-refractivity contribution in [2.75, 3.05) is 11.1 Å². The number of nitrogens with two attached hydrogens (primary N) is 3. The fraction of sp³-hybridized carbons (Fsp3) is 0. The molecule has 0 atom stereocenters. The van der Waals surface area contributed by atoms with Crippen molar-refractivity contribution >= 4 is 28.9 Å². The van der Waals surface area contributed by atoms with Crippen LogP contribution in [0.25, 0.3) is 0 Å². The number of rotatable bonds is 4. The number of hydrogen-bond acceptors (Lipinski definition) is 4. The molecule has 0 aromatic heterocycles. The van der Waals surface area contributed by atoms with E-state index in [-0.39, 0.29) is 0 Å². The summed E-state index contributed by atoms with van der Waals surface area (Å²) in [6, 6.07) is 11.4. The van der Waals surface area contributed by atoms with Gasteiger partial charge in [-0.2, -0.15) is 0 Å². The predicted octanol–water partition coefficient (Wildman–Crippen LogP) is 1.21. The van der Waals surface area contributed by atoms with Crippen molar-refractivity contribution < 1.29 is 9.59 Å². The van der Waals surface area contributed by atoms with Crippen LogP contribution in [-0.2, 0) is 0 Å². The molecule has 0 saturated heterocycles. The molecule has 2 amide bonds. The molecular formula is C14H14N4O2. The molecular weight excluding hydrogens is 256 g/mol. The SMILES string of the molecule is NC(=O)c1ccc(Nc2c(N)cccc2C(N)=O)cc1. The van der Waals surface area contributed by atoms with Gasteiger partial charge in [0, 0.05) is 11.3 Å². The molecule has 2 rings (SSSR count). The molecule has 0 bridgehead atoms. The molecule has 0 aliphatic carbocycles. The number of carbonyl (C=O) groups is 2. The molecule has 0 saturated carbocycles. The molecule has 0 heterocycles. The highest BCUT2D eigenvalue weighted by atomic mass is 16.1. The summed E-state index contributed by atoms with van der Waals surface area (Å²) in [5, 5.41) is 3.01. The number of benzene rings is 2. The van der Waals surface area contributed by atoms with Crippen LogP contribution in [0.1, 0.15) is 20.7 Å². The van der Waals surface area contributed by atoms with Gasteiger partial charge in [0.05, 0.1) is 16.9 Å². The van der Waals surface area contributed by atoms with Gasteiger partial charge in [-0.15, -0.1) is 0 Å².